The minimum atomic E-state index is -0.464. The van der Waals surface area contributed by atoms with Crippen molar-refractivity contribution >= 4 is 0 Å². The first-order valence-electron chi connectivity index (χ1n) is 4.54. The van der Waals surface area contributed by atoms with Crippen LogP contribution >= 0.6 is 0 Å². The van der Waals surface area contributed by atoms with Crippen LogP contribution in [0.4, 0.5) is 0 Å². The summed E-state index contributed by atoms with van der Waals surface area (Å²) in [5.74, 6) is 0. The molecule has 0 aliphatic heterocycles. The van der Waals surface area contributed by atoms with Crippen molar-refractivity contribution in [2.45, 2.75) is 13.0 Å². The highest BCUT2D eigenvalue weighted by Crippen LogP contribution is 2.20. The third-order valence-corrected chi connectivity index (χ3v) is 2.17. The van der Waals surface area contributed by atoms with Gasteiger partial charge in [0, 0.05) is 18.0 Å². The molecule has 14 heavy (non-hydrogen) atoms. The molecule has 0 bridgehead atoms. The number of aliphatic hydroxyl groups is 1. The molecule has 1 heterocycles. The van der Waals surface area contributed by atoms with Gasteiger partial charge in [-0.2, -0.15) is 0 Å². The number of benzene rings is 1. The summed E-state index contributed by atoms with van der Waals surface area (Å²) in [6, 6.07) is 7.74. The monoisotopic (exact) mass is 188 g/mol. The predicted octanol–water partition coefficient (Wildman–Crippen LogP) is 1.93. The van der Waals surface area contributed by atoms with Crippen LogP contribution < -0.4 is 0 Å². The van der Waals surface area contributed by atoms with Crippen molar-refractivity contribution in [3.05, 3.63) is 48.5 Å². The van der Waals surface area contributed by atoms with Gasteiger partial charge in [-0.15, -0.1) is 0 Å². The molecule has 2 rings (SSSR count). The van der Waals surface area contributed by atoms with E-state index in [-0.39, 0.29) is 0 Å². The molecule has 0 aliphatic rings. The van der Waals surface area contributed by atoms with Gasteiger partial charge in [-0.05, 0) is 13.0 Å². The van der Waals surface area contributed by atoms with Crippen molar-refractivity contribution < 1.29 is 5.11 Å². The number of imidazole rings is 1. The average molecular weight is 188 g/mol. The highest BCUT2D eigenvalue weighted by atomic mass is 16.3. The zero-order chi connectivity index (χ0) is 9.97. The molecule has 2 aromatic rings. The summed E-state index contributed by atoms with van der Waals surface area (Å²) in [6.45, 7) is 1.76. The van der Waals surface area contributed by atoms with E-state index in [4.69, 9.17) is 0 Å². The smallest absolute Gasteiger partial charge is 0.0991 e. The quantitative estimate of drug-likeness (QED) is 0.782. The van der Waals surface area contributed by atoms with Gasteiger partial charge in [-0.3, -0.25) is 0 Å². The van der Waals surface area contributed by atoms with E-state index in [1.165, 1.54) is 0 Å². The first kappa shape index (κ1) is 8.97. The Bertz CT molecular complexity index is 407. The van der Waals surface area contributed by atoms with E-state index in [1.54, 1.807) is 19.4 Å². The van der Waals surface area contributed by atoms with Crippen LogP contribution in [0.5, 0.6) is 0 Å². The lowest BCUT2D eigenvalue weighted by molar-refractivity contribution is 0.199. The van der Waals surface area contributed by atoms with Gasteiger partial charge < -0.3 is 9.67 Å². The molecule has 3 heteroatoms. The maximum atomic E-state index is 9.57. The Morgan fingerprint density at radius 1 is 1.36 bits per heavy atom. The molecule has 0 fully saturated rings. The third-order valence-electron chi connectivity index (χ3n) is 2.17. The second-order valence-corrected chi connectivity index (χ2v) is 3.20. The third kappa shape index (κ3) is 1.54. The fourth-order valence-electron chi connectivity index (χ4n) is 1.48. The molecule has 1 unspecified atom stereocenters. The number of aromatic nitrogens is 2. The predicted molar refractivity (Wildman–Crippen MR) is 54.2 cm³/mol. The van der Waals surface area contributed by atoms with Gasteiger partial charge in [0.1, 0.15) is 0 Å². The Labute approximate surface area is 82.7 Å². The van der Waals surface area contributed by atoms with Crippen molar-refractivity contribution in [3.8, 4) is 5.69 Å². The number of hydrogen-bond donors (Lipinski definition) is 1. The van der Waals surface area contributed by atoms with E-state index in [0.29, 0.717) is 0 Å². The molecular weight excluding hydrogens is 176 g/mol. The molecule has 1 N–H and O–H groups in total. The molecule has 0 amide bonds. The van der Waals surface area contributed by atoms with Crippen molar-refractivity contribution in [3.63, 3.8) is 0 Å². The van der Waals surface area contributed by atoms with Crippen LogP contribution in [0.3, 0.4) is 0 Å². The van der Waals surface area contributed by atoms with Gasteiger partial charge in [0.25, 0.3) is 0 Å². The maximum Gasteiger partial charge on any atom is 0.0991 e. The highest BCUT2D eigenvalue weighted by molar-refractivity contribution is 5.41. The van der Waals surface area contributed by atoms with Gasteiger partial charge in [0.15, 0.2) is 0 Å². The summed E-state index contributed by atoms with van der Waals surface area (Å²) >= 11 is 0. The summed E-state index contributed by atoms with van der Waals surface area (Å²) in [7, 11) is 0. The van der Waals surface area contributed by atoms with Crippen LogP contribution in [0.25, 0.3) is 5.69 Å². The summed E-state index contributed by atoms with van der Waals surface area (Å²) in [6.07, 6.45) is 4.84. The van der Waals surface area contributed by atoms with E-state index in [2.05, 4.69) is 4.98 Å². The van der Waals surface area contributed by atoms with Gasteiger partial charge in [-0.25, -0.2) is 4.98 Å². The van der Waals surface area contributed by atoms with Crippen LogP contribution in [-0.2, 0) is 0 Å². The van der Waals surface area contributed by atoms with E-state index < -0.39 is 6.10 Å². The van der Waals surface area contributed by atoms with Crippen LogP contribution in [0.15, 0.2) is 43.0 Å². The summed E-state index contributed by atoms with van der Waals surface area (Å²) in [5, 5.41) is 9.57. The molecule has 0 spiro atoms. The van der Waals surface area contributed by atoms with Crippen LogP contribution in [0, 0.1) is 0 Å². The lowest BCUT2D eigenvalue weighted by atomic mass is 10.1. The van der Waals surface area contributed by atoms with Crippen LogP contribution in [0.2, 0.25) is 0 Å². The molecule has 0 radical (unpaired) electrons. The van der Waals surface area contributed by atoms with Gasteiger partial charge in [0.05, 0.1) is 18.1 Å². The minimum Gasteiger partial charge on any atom is -0.389 e. The Hall–Kier alpha value is -1.61. The van der Waals surface area contributed by atoms with E-state index in [9.17, 15) is 5.11 Å². The Morgan fingerprint density at radius 3 is 2.79 bits per heavy atom. The molecule has 1 aromatic carbocycles. The van der Waals surface area contributed by atoms with E-state index in [0.717, 1.165) is 11.3 Å². The number of aliphatic hydroxyl groups excluding tert-OH is 1. The normalized spacial score (nSPS) is 12.7. The molecule has 1 atom stereocenters. The van der Waals surface area contributed by atoms with E-state index in [1.807, 2.05) is 35.0 Å². The minimum absolute atomic E-state index is 0.464. The Balaban J connectivity index is 2.53. The van der Waals surface area contributed by atoms with Crippen LogP contribution in [-0.4, -0.2) is 14.7 Å². The molecule has 3 nitrogen and oxygen atoms in total. The standard InChI is InChI=1S/C11H12N2O/c1-9(14)10-4-2-3-5-11(10)13-7-6-12-8-13/h2-9,14H,1H3. The summed E-state index contributed by atoms with van der Waals surface area (Å²) in [4.78, 5) is 3.98. The van der Waals surface area contributed by atoms with Crippen molar-refractivity contribution in [1.82, 2.24) is 9.55 Å². The zero-order valence-corrected chi connectivity index (χ0v) is 7.96. The first-order valence-corrected chi connectivity index (χ1v) is 4.54. The van der Waals surface area contributed by atoms with Crippen molar-refractivity contribution in [2.75, 3.05) is 0 Å². The zero-order valence-electron chi connectivity index (χ0n) is 7.96. The molecular formula is C11H12N2O. The fraction of sp³-hybridized carbons (Fsp3) is 0.182. The Kier molecular flexibility index (Phi) is 2.33. The highest BCUT2D eigenvalue weighted by Gasteiger charge is 2.07. The molecule has 72 valence electrons. The van der Waals surface area contributed by atoms with E-state index >= 15 is 0 Å². The van der Waals surface area contributed by atoms with Crippen molar-refractivity contribution in [1.29, 1.82) is 0 Å². The molecule has 1 aromatic heterocycles. The average Bonchev–Trinajstić information content (AvgIpc) is 2.70. The lowest BCUT2D eigenvalue weighted by Crippen LogP contribution is -2.00. The molecule has 0 aliphatic carbocycles. The number of hydrogen-bond acceptors (Lipinski definition) is 2. The van der Waals surface area contributed by atoms with Gasteiger partial charge >= 0.3 is 0 Å². The fourth-order valence-corrected chi connectivity index (χ4v) is 1.48. The SMILES string of the molecule is CC(O)c1ccccc1-n1ccnc1. The molecule has 0 saturated heterocycles. The van der Waals surface area contributed by atoms with Crippen molar-refractivity contribution in [2.24, 2.45) is 0 Å². The van der Waals surface area contributed by atoms with Gasteiger partial charge in [-0.1, -0.05) is 18.2 Å². The number of rotatable bonds is 2. The molecule has 0 saturated carbocycles. The van der Waals surface area contributed by atoms with Gasteiger partial charge in [0.2, 0.25) is 0 Å². The summed E-state index contributed by atoms with van der Waals surface area (Å²) in [5.41, 5.74) is 1.88. The summed E-state index contributed by atoms with van der Waals surface area (Å²) < 4.78 is 1.89. The topological polar surface area (TPSA) is 38.0 Å². The van der Waals surface area contributed by atoms with Crippen LogP contribution in [0.1, 0.15) is 18.6 Å². The lowest BCUT2D eigenvalue weighted by Gasteiger charge is -2.11. The Morgan fingerprint density at radius 2 is 2.14 bits per heavy atom. The number of nitrogens with zero attached hydrogens (tertiary/aromatic N) is 2. The second-order valence-electron chi connectivity index (χ2n) is 3.20. The number of para-hydroxylation sites is 1. The maximum absolute atomic E-state index is 9.57. The largest absolute Gasteiger partial charge is 0.389 e. The first-order chi connectivity index (χ1) is 6.79. The second kappa shape index (κ2) is 3.64.